The Morgan fingerprint density at radius 2 is 1.67 bits per heavy atom. The highest BCUT2D eigenvalue weighted by Gasteiger charge is 2.11. The number of hydrogen-bond acceptors (Lipinski definition) is 4. The number of aromatic nitrogens is 2. The van der Waals surface area contributed by atoms with E-state index in [4.69, 9.17) is 9.47 Å². The van der Waals surface area contributed by atoms with Gasteiger partial charge in [-0.3, -0.25) is 0 Å². The van der Waals surface area contributed by atoms with Crippen LogP contribution in [-0.4, -0.2) is 17.1 Å². The van der Waals surface area contributed by atoms with Crippen molar-refractivity contribution in [2.45, 2.75) is 13.5 Å². The fourth-order valence-corrected chi connectivity index (χ4v) is 3.32. The highest BCUT2D eigenvalue weighted by molar-refractivity contribution is 5.72. The summed E-state index contributed by atoms with van der Waals surface area (Å²) in [5.74, 6) is 1.49. The number of aromatic amines is 1. The molecule has 3 aromatic carbocycles. The van der Waals surface area contributed by atoms with Gasteiger partial charge < -0.3 is 14.5 Å². The van der Waals surface area contributed by atoms with E-state index in [1.165, 1.54) is 0 Å². The average molecular weight is 398 g/mol. The highest BCUT2D eigenvalue weighted by atomic mass is 16.5. The van der Waals surface area contributed by atoms with Crippen LogP contribution in [0, 0.1) is 6.92 Å². The maximum atomic E-state index is 12.2. The average Bonchev–Trinajstić information content (AvgIpc) is 2.78. The summed E-state index contributed by atoms with van der Waals surface area (Å²) in [5, 5.41) is 0. The smallest absolute Gasteiger partial charge is 0.345 e. The fourth-order valence-electron chi connectivity index (χ4n) is 3.32. The molecule has 0 bridgehead atoms. The second-order valence-corrected chi connectivity index (χ2v) is 6.94. The Balaban J connectivity index is 1.63. The number of nitrogens with one attached hydrogen (secondary N) is 1. The number of rotatable bonds is 6. The minimum atomic E-state index is -0.407. The minimum Gasteiger partial charge on any atom is -0.496 e. The van der Waals surface area contributed by atoms with Gasteiger partial charge in [0.05, 0.1) is 18.5 Å². The molecule has 0 saturated heterocycles. The maximum Gasteiger partial charge on any atom is 0.345 e. The molecule has 5 heteroatoms. The maximum absolute atomic E-state index is 12.2. The van der Waals surface area contributed by atoms with E-state index in [1.807, 2.05) is 85.8 Å². The summed E-state index contributed by atoms with van der Waals surface area (Å²) in [6.45, 7) is 2.49. The summed E-state index contributed by atoms with van der Waals surface area (Å²) in [6, 6.07) is 25.3. The zero-order chi connectivity index (χ0) is 20.9. The van der Waals surface area contributed by atoms with Crippen LogP contribution >= 0.6 is 0 Å². The van der Waals surface area contributed by atoms with Gasteiger partial charge >= 0.3 is 5.69 Å². The molecule has 0 aliphatic rings. The van der Waals surface area contributed by atoms with E-state index in [2.05, 4.69) is 9.97 Å². The Labute approximate surface area is 175 Å². The SMILES string of the molecule is COc1ccccc1-c1cc(-c2ccc(OCc3ccccc3)c(C)c2)nc(=O)[nH]1. The van der Waals surface area contributed by atoms with Crippen LogP contribution in [0.4, 0.5) is 0 Å². The summed E-state index contributed by atoms with van der Waals surface area (Å²) in [5.41, 5.74) is 4.59. The van der Waals surface area contributed by atoms with Crippen LogP contribution in [0.15, 0.2) is 83.7 Å². The van der Waals surface area contributed by atoms with Crippen LogP contribution in [-0.2, 0) is 6.61 Å². The van der Waals surface area contributed by atoms with E-state index >= 15 is 0 Å². The van der Waals surface area contributed by atoms with Gasteiger partial charge in [-0.1, -0.05) is 42.5 Å². The molecule has 0 unspecified atom stereocenters. The normalized spacial score (nSPS) is 10.6. The molecule has 1 aromatic heterocycles. The lowest BCUT2D eigenvalue weighted by Crippen LogP contribution is -2.12. The molecule has 0 radical (unpaired) electrons. The van der Waals surface area contributed by atoms with Crippen molar-refractivity contribution in [3.8, 4) is 34.0 Å². The van der Waals surface area contributed by atoms with Gasteiger partial charge in [-0.25, -0.2) is 4.79 Å². The highest BCUT2D eigenvalue weighted by Crippen LogP contribution is 2.30. The van der Waals surface area contributed by atoms with Gasteiger partial charge in [0.2, 0.25) is 0 Å². The first kappa shape index (κ1) is 19.5. The second-order valence-electron chi connectivity index (χ2n) is 6.94. The van der Waals surface area contributed by atoms with Crippen molar-refractivity contribution in [1.82, 2.24) is 9.97 Å². The van der Waals surface area contributed by atoms with E-state index in [-0.39, 0.29) is 0 Å². The molecule has 0 amide bonds. The lowest BCUT2D eigenvalue weighted by Gasteiger charge is -2.12. The summed E-state index contributed by atoms with van der Waals surface area (Å²) in [6.07, 6.45) is 0. The number of H-pyrrole nitrogens is 1. The minimum absolute atomic E-state index is 0.407. The van der Waals surface area contributed by atoms with Crippen molar-refractivity contribution in [3.63, 3.8) is 0 Å². The number of para-hydroxylation sites is 1. The summed E-state index contributed by atoms with van der Waals surface area (Å²) in [7, 11) is 1.61. The standard InChI is InChI=1S/C25H22N2O3/c1-17-14-19(12-13-23(17)30-16-18-8-4-3-5-9-18)21-15-22(27-25(28)26-21)20-10-6-7-11-24(20)29-2/h3-15H,16H2,1-2H3,(H,26,27,28). The number of hydrogen-bond donors (Lipinski definition) is 1. The molecule has 0 spiro atoms. The van der Waals surface area contributed by atoms with Crippen LogP contribution in [0.5, 0.6) is 11.5 Å². The molecular formula is C25H22N2O3. The van der Waals surface area contributed by atoms with Crippen LogP contribution in [0.1, 0.15) is 11.1 Å². The Kier molecular flexibility index (Phi) is 5.61. The van der Waals surface area contributed by atoms with Gasteiger partial charge in [-0.05, 0) is 54.4 Å². The molecule has 4 rings (SSSR count). The molecule has 1 N–H and O–H groups in total. The molecule has 5 nitrogen and oxygen atoms in total. The Hall–Kier alpha value is -3.86. The lowest BCUT2D eigenvalue weighted by molar-refractivity contribution is 0.304. The van der Waals surface area contributed by atoms with E-state index in [1.54, 1.807) is 7.11 Å². The first-order valence-electron chi connectivity index (χ1n) is 9.66. The second kappa shape index (κ2) is 8.66. The van der Waals surface area contributed by atoms with Crippen LogP contribution in [0.2, 0.25) is 0 Å². The number of aryl methyl sites for hydroxylation is 1. The van der Waals surface area contributed by atoms with E-state index in [0.717, 1.165) is 28.0 Å². The molecule has 0 aliphatic heterocycles. The fraction of sp³-hybridized carbons (Fsp3) is 0.120. The predicted molar refractivity (Wildman–Crippen MR) is 118 cm³/mol. The van der Waals surface area contributed by atoms with Crippen molar-refractivity contribution in [2.75, 3.05) is 7.11 Å². The quantitative estimate of drug-likeness (QED) is 0.496. The van der Waals surface area contributed by atoms with Crippen LogP contribution < -0.4 is 15.2 Å². The van der Waals surface area contributed by atoms with E-state index in [0.29, 0.717) is 23.7 Å². The van der Waals surface area contributed by atoms with Crippen molar-refractivity contribution >= 4 is 0 Å². The molecule has 30 heavy (non-hydrogen) atoms. The summed E-state index contributed by atoms with van der Waals surface area (Å²) in [4.78, 5) is 19.2. The van der Waals surface area contributed by atoms with Gasteiger partial charge in [0, 0.05) is 11.1 Å². The third-order valence-electron chi connectivity index (χ3n) is 4.85. The monoisotopic (exact) mass is 398 g/mol. The molecule has 0 saturated carbocycles. The third kappa shape index (κ3) is 4.25. The zero-order valence-corrected chi connectivity index (χ0v) is 16.9. The van der Waals surface area contributed by atoms with Crippen molar-refractivity contribution in [2.24, 2.45) is 0 Å². The van der Waals surface area contributed by atoms with Crippen LogP contribution in [0.25, 0.3) is 22.5 Å². The number of ether oxygens (including phenoxy) is 2. The number of benzene rings is 3. The first-order valence-corrected chi connectivity index (χ1v) is 9.66. The topological polar surface area (TPSA) is 64.2 Å². The molecular weight excluding hydrogens is 376 g/mol. The van der Waals surface area contributed by atoms with Crippen LogP contribution in [0.3, 0.4) is 0 Å². The van der Waals surface area contributed by atoms with E-state index in [9.17, 15) is 4.79 Å². The Bertz CT molecular complexity index is 1220. The van der Waals surface area contributed by atoms with Gasteiger partial charge in [-0.15, -0.1) is 0 Å². The molecule has 0 atom stereocenters. The Morgan fingerprint density at radius 1 is 0.900 bits per heavy atom. The van der Waals surface area contributed by atoms with Gasteiger partial charge in [0.1, 0.15) is 18.1 Å². The molecule has 150 valence electrons. The lowest BCUT2D eigenvalue weighted by atomic mass is 10.0. The molecule has 4 aromatic rings. The first-order chi connectivity index (χ1) is 14.6. The van der Waals surface area contributed by atoms with Gasteiger partial charge in [0.25, 0.3) is 0 Å². The molecule has 0 fully saturated rings. The largest absolute Gasteiger partial charge is 0.496 e. The Morgan fingerprint density at radius 3 is 2.43 bits per heavy atom. The summed E-state index contributed by atoms with van der Waals surface area (Å²) >= 11 is 0. The van der Waals surface area contributed by atoms with Crippen molar-refractivity contribution in [1.29, 1.82) is 0 Å². The van der Waals surface area contributed by atoms with E-state index < -0.39 is 5.69 Å². The molecule has 0 aliphatic carbocycles. The zero-order valence-electron chi connectivity index (χ0n) is 16.9. The summed E-state index contributed by atoms with van der Waals surface area (Å²) < 4.78 is 11.4. The van der Waals surface area contributed by atoms with Crippen molar-refractivity contribution in [3.05, 3.63) is 100 Å². The van der Waals surface area contributed by atoms with Crippen molar-refractivity contribution < 1.29 is 9.47 Å². The molecule has 1 heterocycles. The number of methoxy groups -OCH3 is 1. The third-order valence-corrected chi connectivity index (χ3v) is 4.85. The number of nitrogens with zero attached hydrogens (tertiary/aromatic N) is 1. The van der Waals surface area contributed by atoms with Gasteiger partial charge in [0.15, 0.2) is 0 Å². The van der Waals surface area contributed by atoms with Gasteiger partial charge in [-0.2, -0.15) is 4.98 Å². The predicted octanol–water partition coefficient (Wildman–Crippen LogP) is 5.00.